The normalized spacial score (nSPS) is 12.5. The quantitative estimate of drug-likeness (QED) is 0.649. The summed E-state index contributed by atoms with van der Waals surface area (Å²) in [5.41, 5.74) is 0.867. The summed E-state index contributed by atoms with van der Waals surface area (Å²) in [6, 6.07) is 12.1. The van der Waals surface area contributed by atoms with E-state index < -0.39 is 5.63 Å². The minimum absolute atomic E-state index is 0.0465. The van der Waals surface area contributed by atoms with Gasteiger partial charge in [0.05, 0.1) is 21.0 Å². The highest BCUT2D eigenvalue weighted by atomic mass is 35.5. The van der Waals surface area contributed by atoms with Crippen molar-refractivity contribution in [2.75, 3.05) is 0 Å². The molecule has 3 aromatic rings. The molecular formula is C18H14Cl2O3. The number of fused-ring (bicyclic) bond motifs is 1. The lowest BCUT2D eigenvalue weighted by atomic mass is 9.89. The van der Waals surface area contributed by atoms with Crippen molar-refractivity contribution in [2.24, 2.45) is 0 Å². The van der Waals surface area contributed by atoms with E-state index in [-0.39, 0.29) is 17.2 Å². The fourth-order valence-electron chi connectivity index (χ4n) is 2.79. The molecule has 118 valence electrons. The van der Waals surface area contributed by atoms with E-state index in [4.69, 9.17) is 27.6 Å². The molecule has 0 aliphatic carbocycles. The Bertz CT molecular complexity index is 931. The van der Waals surface area contributed by atoms with Crippen LogP contribution in [-0.4, -0.2) is 5.11 Å². The number of hydrogen-bond donors (Lipinski definition) is 1. The molecule has 1 atom stereocenters. The van der Waals surface area contributed by atoms with Crippen molar-refractivity contribution in [3.63, 3.8) is 0 Å². The van der Waals surface area contributed by atoms with Gasteiger partial charge in [-0.2, -0.15) is 0 Å². The Morgan fingerprint density at radius 1 is 1.13 bits per heavy atom. The molecule has 2 aromatic carbocycles. The second kappa shape index (κ2) is 6.26. The van der Waals surface area contributed by atoms with Crippen molar-refractivity contribution in [2.45, 2.75) is 19.3 Å². The molecule has 0 spiro atoms. The average Bonchev–Trinajstić information content (AvgIpc) is 2.54. The van der Waals surface area contributed by atoms with E-state index in [1.807, 2.05) is 6.92 Å². The van der Waals surface area contributed by atoms with Gasteiger partial charge < -0.3 is 9.52 Å². The molecule has 0 saturated carbocycles. The molecule has 0 radical (unpaired) electrons. The summed E-state index contributed by atoms with van der Waals surface area (Å²) in [6.45, 7) is 1.93. The minimum atomic E-state index is -0.542. The third-order valence-corrected chi connectivity index (χ3v) is 4.66. The highest BCUT2D eigenvalue weighted by Crippen LogP contribution is 2.37. The third kappa shape index (κ3) is 2.82. The molecule has 3 nitrogen and oxygen atoms in total. The molecular weight excluding hydrogens is 335 g/mol. The van der Waals surface area contributed by atoms with Crippen LogP contribution in [0.5, 0.6) is 5.75 Å². The Hall–Kier alpha value is -1.97. The van der Waals surface area contributed by atoms with Crippen LogP contribution in [0.3, 0.4) is 0 Å². The zero-order valence-corrected chi connectivity index (χ0v) is 13.9. The summed E-state index contributed by atoms with van der Waals surface area (Å²) in [5, 5.41) is 12.0. The molecule has 1 N–H and O–H groups in total. The van der Waals surface area contributed by atoms with Crippen molar-refractivity contribution in [3.8, 4) is 5.75 Å². The summed E-state index contributed by atoms with van der Waals surface area (Å²) in [7, 11) is 0. The molecule has 0 amide bonds. The van der Waals surface area contributed by atoms with Crippen molar-refractivity contribution in [1.29, 1.82) is 0 Å². The summed E-state index contributed by atoms with van der Waals surface area (Å²) >= 11 is 12.0. The lowest BCUT2D eigenvalue weighted by Crippen LogP contribution is -2.14. The SMILES string of the molecule is CC[C@@H](c1ccc(Cl)c(Cl)c1)c1c(O)c2ccccc2oc1=O. The molecule has 1 heterocycles. The first-order valence-electron chi connectivity index (χ1n) is 7.22. The van der Waals surface area contributed by atoms with Crippen LogP contribution in [0.4, 0.5) is 0 Å². The van der Waals surface area contributed by atoms with Gasteiger partial charge in [-0.1, -0.05) is 48.3 Å². The van der Waals surface area contributed by atoms with E-state index in [0.29, 0.717) is 27.4 Å². The van der Waals surface area contributed by atoms with Crippen LogP contribution < -0.4 is 5.63 Å². The van der Waals surface area contributed by atoms with Gasteiger partial charge in [-0.3, -0.25) is 0 Å². The minimum Gasteiger partial charge on any atom is -0.507 e. The van der Waals surface area contributed by atoms with Crippen LogP contribution in [0.2, 0.25) is 10.0 Å². The third-order valence-electron chi connectivity index (χ3n) is 3.92. The van der Waals surface area contributed by atoms with Crippen LogP contribution >= 0.6 is 23.2 Å². The zero-order valence-electron chi connectivity index (χ0n) is 12.3. The fourth-order valence-corrected chi connectivity index (χ4v) is 3.10. The van der Waals surface area contributed by atoms with Crippen LogP contribution in [0.25, 0.3) is 11.0 Å². The van der Waals surface area contributed by atoms with Gasteiger partial charge in [0, 0.05) is 5.92 Å². The fraction of sp³-hybridized carbons (Fsp3) is 0.167. The monoisotopic (exact) mass is 348 g/mol. The Balaban J connectivity index is 2.24. The maximum Gasteiger partial charge on any atom is 0.343 e. The highest BCUT2D eigenvalue weighted by Gasteiger charge is 2.23. The lowest BCUT2D eigenvalue weighted by Gasteiger charge is -2.17. The van der Waals surface area contributed by atoms with Gasteiger partial charge in [0.15, 0.2) is 0 Å². The topological polar surface area (TPSA) is 50.4 Å². The smallest absolute Gasteiger partial charge is 0.343 e. The zero-order chi connectivity index (χ0) is 16.6. The van der Waals surface area contributed by atoms with Gasteiger partial charge in [0.25, 0.3) is 0 Å². The summed E-state index contributed by atoms with van der Waals surface area (Å²) < 4.78 is 5.36. The number of rotatable bonds is 3. The van der Waals surface area contributed by atoms with Gasteiger partial charge in [0.2, 0.25) is 0 Å². The maximum absolute atomic E-state index is 12.4. The Morgan fingerprint density at radius 2 is 1.87 bits per heavy atom. The molecule has 0 fully saturated rings. The predicted molar refractivity (Wildman–Crippen MR) is 92.7 cm³/mol. The van der Waals surface area contributed by atoms with Gasteiger partial charge in [0.1, 0.15) is 11.3 Å². The first-order valence-corrected chi connectivity index (χ1v) is 7.98. The Kier molecular flexibility index (Phi) is 4.33. The molecule has 3 rings (SSSR count). The summed E-state index contributed by atoms with van der Waals surface area (Å²) in [6.07, 6.45) is 0.606. The van der Waals surface area contributed by atoms with Crippen molar-refractivity contribution in [3.05, 3.63) is 74.1 Å². The first-order chi connectivity index (χ1) is 11.0. The van der Waals surface area contributed by atoms with Crippen molar-refractivity contribution >= 4 is 34.2 Å². The Labute approximate surface area is 143 Å². The highest BCUT2D eigenvalue weighted by molar-refractivity contribution is 6.42. The standard InChI is InChI=1S/C18H14Cl2O3/c1-2-11(10-7-8-13(19)14(20)9-10)16-17(21)12-5-3-4-6-15(12)23-18(16)22/h3-9,11,21H,2H2,1H3/t11-/m0/s1. The van der Waals surface area contributed by atoms with Crippen LogP contribution in [-0.2, 0) is 0 Å². The second-order valence-corrected chi connectivity index (χ2v) is 6.10. The van der Waals surface area contributed by atoms with E-state index in [0.717, 1.165) is 5.56 Å². The Morgan fingerprint density at radius 3 is 2.57 bits per heavy atom. The number of hydrogen-bond acceptors (Lipinski definition) is 3. The van der Waals surface area contributed by atoms with E-state index in [1.54, 1.807) is 42.5 Å². The number of halogens is 2. The van der Waals surface area contributed by atoms with Crippen molar-refractivity contribution < 1.29 is 9.52 Å². The van der Waals surface area contributed by atoms with E-state index in [2.05, 4.69) is 0 Å². The van der Waals surface area contributed by atoms with E-state index in [1.165, 1.54) is 0 Å². The van der Waals surface area contributed by atoms with Gasteiger partial charge in [-0.15, -0.1) is 0 Å². The van der Waals surface area contributed by atoms with Crippen molar-refractivity contribution in [1.82, 2.24) is 0 Å². The molecule has 0 saturated heterocycles. The van der Waals surface area contributed by atoms with Gasteiger partial charge in [-0.25, -0.2) is 4.79 Å². The van der Waals surface area contributed by atoms with Gasteiger partial charge in [-0.05, 0) is 36.2 Å². The maximum atomic E-state index is 12.4. The van der Waals surface area contributed by atoms with Crippen LogP contribution in [0.15, 0.2) is 51.7 Å². The average molecular weight is 349 g/mol. The second-order valence-electron chi connectivity index (χ2n) is 5.28. The molecule has 1 aromatic heterocycles. The number of aromatic hydroxyl groups is 1. The largest absolute Gasteiger partial charge is 0.507 e. The molecule has 5 heteroatoms. The summed E-state index contributed by atoms with van der Waals surface area (Å²) in [4.78, 5) is 12.4. The molecule has 23 heavy (non-hydrogen) atoms. The predicted octanol–water partition coefficient (Wildman–Crippen LogP) is 5.35. The summed E-state index contributed by atoms with van der Waals surface area (Å²) in [5.74, 6) is -0.375. The lowest BCUT2D eigenvalue weighted by molar-refractivity contribution is 0.450. The molecule has 0 aliphatic rings. The number of benzene rings is 2. The van der Waals surface area contributed by atoms with E-state index in [9.17, 15) is 9.90 Å². The van der Waals surface area contributed by atoms with Gasteiger partial charge >= 0.3 is 5.63 Å². The molecule has 0 unspecified atom stereocenters. The molecule has 0 aliphatic heterocycles. The van der Waals surface area contributed by atoms with E-state index >= 15 is 0 Å². The van der Waals surface area contributed by atoms with Crippen LogP contribution in [0.1, 0.15) is 30.4 Å². The number of para-hydroxylation sites is 1. The van der Waals surface area contributed by atoms with Crippen LogP contribution in [0, 0.1) is 0 Å². The first kappa shape index (κ1) is 15.9. The molecule has 0 bridgehead atoms.